The van der Waals surface area contributed by atoms with Crippen molar-refractivity contribution >= 4 is 0 Å². The van der Waals surface area contributed by atoms with E-state index >= 15 is 0 Å². The van der Waals surface area contributed by atoms with Crippen LogP contribution in [0.2, 0.25) is 0 Å². The van der Waals surface area contributed by atoms with Crippen molar-refractivity contribution in [2.24, 2.45) is 0 Å². The molecule has 24 N–H and O–H groups in total. The van der Waals surface area contributed by atoms with Crippen molar-refractivity contribution in [3.8, 4) is 0 Å². The molecular formula is C72H128O48. The van der Waals surface area contributed by atoms with Gasteiger partial charge in [-0.05, 0) is 55.4 Å². The Kier molecular flexibility index (Phi) is 40.4. The first kappa shape index (κ1) is 102. The highest BCUT2D eigenvalue weighted by atomic mass is 16.8. The monoisotopic (exact) mass is 1760 g/mol. The van der Waals surface area contributed by atoms with Crippen LogP contribution in [-0.4, -0.2) is 523 Å². The van der Waals surface area contributed by atoms with Crippen molar-refractivity contribution in [3.63, 3.8) is 0 Å². The summed E-state index contributed by atoms with van der Waals surface area (Å²) in [4.78, 5) is 0. The van der Waals surface area contributed by atoms with Crippen molar-refractivity contribution in [2.45, 2.75) is 350 Å². The number of hydrogen-bond acceptors (Lipinski definition) is 48. The molecule has 120 heavy (non-hydrogen) atoms. The molecule has 16 bridgehead atoms. The minimum atomic E-state index is -2.29. The molecule has 48 atom stereocenters. The van der Waals surface area contributed by atoms with Crippen molar-refractivity contribution in [1.82, 2.24) is 0 Å². The number of hydrogen-bond donors (Lipinski definition) is 24. The highest BCUT2D eigenvalue weighted by molar-refractivity contribution is 5.03. The average molecular weight is 1760 g/mol. The fourth-order valence-electron chi connectivity index (χ4n) is 14.6. The summed E-state index contributed by atoms with van der Waals surface area (Å²) >= 11 is 0. The van der Waals surface area contributed by atoms with Gasteiger partial charge in [0.05, 0.1) is 155 Å². The predicted molar refractivity (Wildman–Crippen MR) is 384 cm³/mol. The molecule has 0 aliphatic carbocycles. The topological polar surface area (TPSA) is 707 Å². The van der Waals surface area contributed by atoms with Crippen LogP contribution in [-0.2, 0) is 114 Å². The van der Waals surface area contributed by atoms with E-state index in [0.29, 0.717) is 0 Å². The van der Waals surface area contributed by atoms with Gasteiger partial charge in [-0.3, -0.25) is 0 Å². The van der Waals surface area contributed by atoms with Gasteiger partial charge in [0.15, 0.2) is 50.3 Å². The first-order valence-corrected chi connectivity index (χ1v) is 40.2. The van der Waals surface area contributed by atoms with Crippen LogP contribution in [0.25, 0.3) is 0 Å². The standard InChI is InChI=1S/C72H128O48/c1-25(73)9-97-17-33-57-41(81)49(89)65(105-33)114-58-34(18-98-10-26(2)74)107-67(51(91)43(58)83)116-60-36(20-100-12-28(4)76)109-69(53(93)45(60)85)118-62-38(22-102-14-30(6)78)111-71(55(95)47(62)87)120-64-40(24-104-16-32(8)80)112-72(56(96)48(64)88)119-63-39(23-103-15-31(7)79)110-70(54(94)46(63)86)117-61-37(21-101-13-29(5)77)108-68(52(92)44(61)84)115-59-35(19-99-11-27(3)75)106-66(113-57)50(90)42(59)82/h25-96H,9-24H2,1-8H3/t25?,26?,27?,28?,29?,30?,31?,32?,33-,34-,35-,36-,37-,38-,39-,40-,41-,42-,43-,44-,45-,46-,47-,48-,49-,50-,51-,52-,53-,54?,55?,56-,57-,58-,59-,60-,61-,62-,63-,64-,65-,66-,67-,68-,69-,70-,71-,72-/m1/s1. The zero-order valence-electron chi connectivity index (χ0n) is 67.6. The Bertz CT molecular complexity index is 2320. The lowest BCUT2D eigenvalue weighted by Gasteiger charge is -2.51. The van der Waals surface area contributed by atoms with Crippen molar-refractivity contribution in [2.75, 3.05) is 106 Å². The van der Waals surface area contributed by atoms with Crippen LogP contribution < -0.4 is 0 Å². The molecule has 0 aromatic heterocycles. The van der Waals surface area contributed by atoms with Crippen LogP contribution in [0.1, 0.15) is 55.4 Å². The third-order valence-electron chi connectivity index (χ3n) is 20.6. The van der Waals surface area contributed by atoms with E-state index in [2.05, 4.69) is 0 Å². The molecule has 0 aromatic carbocycles. The van der Waals surface area contributed by atoms with E-state index in [1.807, 2.05) is 0 Å². The predicted octanol–water partition coefficient (Wildman–Crippen LogP) is -14.2. The Morgan fingerprint density at radius 3 is 0.333 bits per heavy atom. The molecule has 0 aromatic rings. The van der Waals surface area contributed by atoms with Gasteiger partial charge >= 0.3 is 0 Å². The lowest BCUT2D eigenvalue weighted by atomic mass is 9.94. The van der Waals surface area contributed by atoms with Gasteiger partial charge in [0.1, 0.15) is 195 Å². The molecule has 48 nitrogen and oxygen atoms in total. The summed E-state index contributed by atoms with van der Waals surface area (Å²) in [7, 11) is 0. The molecule has 0 spiro atoms. The Morgan fingerprint density at radius 2 is 0.250 bits per heavy atom. The van der Waals surface area contributed by atoms with Gasteiger partial charge in [-0.15, -0.1) is 0 Å². The quantitative estimate of drug-likeness (QED) is 0.0297. The van der Waals surface area contributed by atoms with Crippen molar-refractivity contribution in [1.29, 1.82) is 0 Å². The average Bonchev–Trinajstić information content (AvgIpc) is 0.771. The van der Waals surface area contributed by atoms with E-state index in [4.69, 9.17) is 114 Å². The normalized spacial score (nSPS) is 46.0. The number of ether oxygens (including phenoxy) is 24. The van der Waals surface area contributed by atoms with Gasteiger partial charge in [0.25, 0.3) is 0 Å². The molecule has 30 rings (SSSR count). The smallest absolute Gasteiger partial charge is 0.187 e. The molecule has 48 heteroatoms. The fraction of sp³-hybridized carbons (Fsp3) is 1.00. The van der Waals surface area contributed by atoms with Crippen molar-refractivity contribution in [3.05, 3.63) is 0 Å². The van der Waals surface area contributed by atoms with E-state index in [1.165, 1.54) is 55.4 Å². The molecule has 30 heterocycles. The van der Waals surface area contributed by atoms with Crippen LogP contribution in [0.5, 0.6) is 0 Å². The maximum absolute atomic E-state index is 12.2. The van der Waals surface area contributed by atoms with Gasteiger partial charge in [0, 0.05) is 0 Å². The fourth-order valence-corrected chi connectivity index (χ4v) is 14.6. The van der Waals surface area contributed by atoms with Gasteiger partial charge < -0.3 is 236 Å². The molecule has 30 aliphatic heterocycles. The number of rotatable bonds is 32. The lowest BCUT2D eigenvalue weighted by molar-refractivity contribution is -0.405. The molecule has 0 amide bonds. The Hall–Kier alpha value is -1.92. The van der Waals surface area contributed by atoms with Crippen LogP contribution in [0.15, 0.2) is 0 Å². The van der Waals surface area contributed by atoms with E-state index < -0.39 is 400 Å². The largest absolute Gasteiger partial charge is 0.391 e. The van der Waals surface area contributed by atoms with Crippen LogP contribution in [0, 0.1) is 0 Å². The Labute approximate surface area is 689 Å². The summed E-state index contributed by atoms with van der Waals surface area (Å²) in [5.74, 6) is 0. The summed E-state index contributed by atoms with van der Waals surface area (Å²) in [5.41, 5.74) is 0. The molecule has 0 saturated carbocycles. The summed E-state index contributed by atoms with van der Waals surface area (Å²) in [5, 5.41) is 276. The highest BCUT2D eigenvalue weighted by Crippen LogP contribution is 2.41. The molecule has 30 saturated heterocycles. The molecule has 30 aliphatic rings. The third-order valence-corrected chi connectivity index (χ3v) is 20.6. The van der Waals surface area contributed by atoms with Gasteiger partial charge in [-0.2, -0.15) is 0 Å². The number of aliphatic hydroxyl groups excluding tert-OH is 24. The van der Waals surface area contributed by atoms with Crippen LogP contribution in [0.4, 0.5) is 0 Å². The van der Waals surface area contributed by atoms with Gasteiger partial charge in [-0.25, -0.2) is 0 Å². The van der Waals surface area contributed by atoms with Crippen LogP contribution in [0.3, 0.4) is 0 Å². The van der Waals surface area contributed by atoms with Crippen LogP contribution >= 0.6 is 0 Å². The van der Waals surface area contributed by atoms with Crippen molar-refractivity contribution < 1.29 is 236 Å². The molecule has 10 unspecified atom stereocenters. The SMILES string of the molecule is CC(O)COC[C@H]1O[C@@H]2O[C@H]3[C@H](O)[C@@H](O)[C@@H](O[C@H]4[C@H](O)[C@@H](O)[C@@H](O[C@H]5[C@H](O)[C@@H](O)[C@@H](O[C@H]6[C@H](O)[C@@H](O)[C@@H](O[C@H]7[C@H](O)C(O)[C@@H](O[C@H]8[C@H](O)[C@@H](O)[C@@H](O[C@H]9[C@H](O)C(O)[C@@H](O[C@H]1[C@H](O)[C@H]2O)O[C@@H]9COCC(C)O)O[C@@H]8COCC(C)O)O[C@@H]7COCC(C)O)O[C@@H]6COCC(C)O)O[C@@H]5COCC(C)O)O[C@@H]4COCC(C)O)O[C@@H]3COCC(C)O. The first-order valence-electron chi connectivity index (χ1n) is 40.2. The molecule has 30 fully saturated rings. The van der Waals surface area contributed by atoms with E-state index in [1.54, 1.807) is 0 Å². The second kappa shape index (κ2) is 47.6. The third kappa shape index (κ3) is 27.1. The second-order valence-electron chi connectivity index (χ2n) is 32.1. The molecular weight excluding hydrogens is 1630 g/mol. The summed E-state index contributed by atoms with van der Waals surface area (Å²) < 4.78 is 145. The zero-order valence-corrected chi connectivity index (χ0v) is 67.6. The minimum absolute atomic E-state index is 0.409. The summed E-state index contributed by atoms with van der Waals surface area (Å²) in [6, 6.07) is 0. The zero-order chi connectivity index (χ0) is 88.0. The lowest BCUT2D eigenvalue weighted by Crippen LogP contribution is -2.69. The van der Waals surface area contributed by atoms with E-state index in [-0.39, 0.29) is 0 Å². The number of aliphatic hydroxyl groups is 24. The summed E-state index contributed by atoms with van der Waals surface area (Å²) in [6.07, 6.45) is -91.2. The van der Waals surface area contributed by atoms with E-state index in [9.17, 15) is 123 Å². The maximum Gasteiger partial charge on any atom is 0.187 e. The molecule has 0 radical (unpaired) electrons. The maximum atomic E-state index is 12.2. The minimum Gasteiger partial charge on any atom is -0.391 e. The van der Waals surface area contributed by atoms with Gasteiger partial charge in [0.2, 0.25) is 0 Å². The molecule has 704 valence electrons. The first-order chi connectivity index (χ1) is 56.7. The Balaban J connectivity index is 1.10. The van der Waals surface area contributed by atoms with E-state index in [0.717, 1.165) is 0 Å². The van der Waals surface area contributed by atoms with Gasteiger partial charge in [-0.1, -0.05) is 0 Å². The summed E-state index contributed by atoms with van der Waals surface area (Å²) in [6.45, 7) is 2.22. The Morgan fingerprint density at radius 1 is 0.158 bits per heavy atom. The highest BCUT2D eigenvalue weighted by Gasteiger charge is 2.61. The second-order valence-corrected chi connectivity index (χ2v) is 32.1.